The van der Waals surface area contributed by atoms with Crippen LogP contribution in [0.1, 0.15) is 28.8 Å². The lowest BCUT2D eigenvalue weighted by Crippen LogP contribution is -2.25. The highest BCUT2D eigenvalue weighted by atomic mass is 32.1. The van der Waals surface area contributed by atoms with E-state index in [0.717, 1.165) is 51.9 Å². The van der Waals surface area contributed by atoms with Crippen LogP contribution in [0.3, 0.4) is 0 Å². The standard InChI is InChI=1S/C23H20N2O3S/c1-13-21(23(26)25-14-3-4-14)16-8-10-29-12-18(16)22(13)28-20-7-9-24-19-11-15(27-2)5-6-17(19)20/h5-12,14H,3-4H2,1-2H3,(H,25,26). The summed E-state index contributed by atoms with van der Waals surface area (Å²) in [6.07, 6.45) is 3.84. The second-order valence-corrected chi connectivity index (χ2v) is 8.04. The summed E-state index contributed by atoms with van der Waals surface area (Å²) < 4.78 is 11.7. The molecule has 1 saturated carbocycles. The van der Waals surface area contributed by atoms with Gasteiger partial charge in [0.25, 0.3) is 5.91 Å². The third-order valence-corrected chi connectivity index (χ3v) is 5.95. The van der Waals surface area contributed by atoms with Crippen LogP contribution in [-0.4, -0.2) is 24.0 Å². The Balaban J connectivity index is 1.60. The minimum Gasteiger partial charge on any atom is -0.497 e. The zero-order valence-corrected chi connectivity index (χ0v) is 17.0. The third-order valence-electron chi connectivity index (χ3n) is 5.28. The Morgan fingerprint density at radius 2 is 2.07 bits per heavy atom. The molecule has 0 saturated heterocycles. The van der Waals surface area contributed by atoms with Gasteiger partial charge in [-0.25, -0.2) is 0 Å². The first kappa shape index (κ1) is 17.9. The van der Waals surface area contributed by atoms with Crippen molar-refractivity contribution in [1.29, 1.82) is 0 Å². The Morgan fingerprint density at radius 1 is 1.21 bits per heavy atom. The van der Waals surface area contributed by atoms with E-state index in [4.69, 9.17) is 9.47 Å². The molecular weight excluding hydrogens is 384 g/mol. The summed E-state index contributed by atoms with van der Waals surface area (Å²) in [5.74, 6) is 2.15. The molecule has 3 aliphatic rings. The first-order valence-electron chi connectivity index (χ1n) is 9.55. The summed E-state index contributed by atoms with van der Waals surface area (Å²) in [4.78, 5) is 17.3. The van der Waals surface area contributed by atoms with E-state index in [2.05, 4.69) is 10.3 Å². The number of ether oxygens (including phenoxy) is 2. The first-order chi connectivity index (χ1) is 14.2. The van der Waals surface area contributed by atoms with Gasteiger partial charge in [0.15, 0.2) is 0 Å². The summed E-state index contributed by atoms with van der Waals surface area (Å²) in [7, 11) is 1.64. The van der Waals surface area contributed by atoms with Crippen molar-refractivity contribution in [3.63, 3.8) is 0 Å². The summed E-state index contributed by atoms with van der Waals surface area (Å²) in [5, 5.41) is 8.04. The van der Waals surface area contributed by atoms with Gasteiger partial charge >= 0.3 is 0 Å². The zero-order valence-electron chi connectivity index (χ0n) is 16.2. The molecule has 5 nitrogen and oxygen atoms in total. The Morgan fingerprint density at radius 3 is 2.86 bits per heavy atom. The quantitative estimate of drug-likeness (QED) is 0.484. The maximum absolute atomic E-state index is 12.9. The van der Waals surface area contributed by atoms with Crippen molar-refractivity contribution in [3.05, 3.63) is 58.4 Å². The second kappa shape index (κ2) is 7.04. The molecular formula is C23H20N2O3S. The molecule has 146 valence electrons. The van der Waals surface area contributed by atoms with Gasteiger partial charge < -0.3 is 14.8 Å². The zero-order chi connectivity index (χ0) is 20.0. The van der Waals surface area contributed by atoms with Crippen molar-refractivity contribution in [1.82, 2.24) is 10.3 Å². The monoisotopic (exact) mass is 404 g/mol. The van der Waals surface area contributed by atoms with E-state index in [9.17, 15) is 4.79 Å². The van der Waals surface area contributed by atoms with Gasteiger partial charge in [0, 0.05) is 45.8 Å². The number of fused-ring (bicyclic) bond motifs is 2. The Labute approximate surface area is 172 Å². The van der Waals surface area contributed by atoms with Gasteiger partial charge in [-0.05, 0) is 49.4 Å². The van der Waals surface area contributed by atoms with Crippen molar-refractivity contribution in [3.8, 4) is 28.4 Å². The number of rotatable bonds is 5. The molecule has 1 aromatic carbocycles. The average molecular weight is 404 g/mol. The molecule has 1 aromatic heterocycles. The topological polar surface area (TPSA) is 60.5 Å². The Kier molecular flexibility index (Phi) is 4.36. The smallest absolute Gasteiger partial charge is 0.252 e. The molecule has 2 heterocycles. The summed E-state index contributed by atoms with van der Waals surface area (Å²) >= 11 is 1.58. The fraction of sp³-hybridized carbons (Fsp3) is 0.217. The van der Waals surface area contributed by atoms with Crippen molar-refractivity contribution in [2.75, 3.05) is 7.11 Å². The van der Waals surface area contributed by atoms with Crippen LogP contribution in [0.5, 0.6) is 17.2 Å². The SMILES string of the molecule is COc1ccc2c(Oc3c4csccc-4c(C(=O)NC4CC4)c3C)ccnc2c1. The van der Waals surface area contributed by atoms with Crippen molar-refractivity contribution in [2.24, 2.45) is 0 Å². The van der Waals surface area contributed by atoms with Crippen molar-refractivity contribution >= 4 is 28.1 Å². The van der Waals surface area contributed by atoms with Crippen LogP contribution in [0, 0.1) is 6.92 Å². The first-order valence-corrected chi connectivity index (χ1v) is 10.5. The van der Waals surface area contributed by atoms with Crippen LogP contribution >= 0.6 is 11.3 Å². The molecule has 5 rings (SSSR count). The predicted molar refractivity (Wildman–Crippen MR) is 115 cm³/mol. The third kappa shape index (κ3) is 3.19. The number of amides is 1. The van der Waals surface area contributed by atoms with E-state index >= 15 is 0 Å². The van der Waals surface area contributed by atoms with Gasteiger partial charge in [-0.15, -0.1) is 0 Å². The maximum atomic E-state index is 12.9. The van der Waals surface area contributed by atoms with E-state index in [1.807, 2.05) is 48.0 Å². The summed E-state index contributed by atoms with van der Waals surface area (Å²) in [6, 6.07) is 9.88. The van der Waals surface area contributed by atoms with Crippen LogP contribution in [0.4, 0.5) is 0 Å². The van der Waals surface area contributed by atoms with Crippen LogP contribution in [0.2, 0.25) is 0 Å². The number of pyridine rings is 1. The van der Waals surface area contributed by atoms with Crippen LogP contribution < -0.4 is 14.8 Å². The molecule has 0 spiro atoms. The van der Waals surface area contributed by atoms with E-state index in [-0.39, 0.29) is 5.91 Å². The molecule has 1 N–H and O–H groups in total. The molecule has 0 unspecified atom stereocenters. The normalized spacial score (nSPS) is 13.6. The highest BCUT2D eigenvalue weighted by molar-refractivity contribution is 7.08. The lowest BCUT2D eigenvalue weighted by Gasteiger charge is -2.11. The minimum absolute atomic E-state index is 0.0228. The minimum atomic E-state index is -0.0228. The molecule has 6 heteroatoms. The number of hydrogen-bond acceptors (Lipinski definition) is 5. The molecule has 0 radical (unpaired) electrons. The van der Waals surface area contributed by atoms with E-state index in [0.29, 0.717) is 17.4 Å². The largest absolute Gasteiger partial charge is 0.497 e. The lowest BCUT2D eigenvalue weighted by atomic mass is 10.1. The van der Waals surface area contributed by atoms with Gasteiger partial charge in [-0.2, -0.15) is 11.3 Å². The number of benzene rings is 1. The Bertz CT molecular complexity index is 1200. The average Bonchev–Trinajstić information content (AvgIpc) is 3.51. The van der Waals surface area contributed by atoms with Crippen LogP contribution in [0.15, 0.2) is 47.3 Å². The van der Waals surface area contributed by atoms with E-state index < -0.39 is 0 Å². The molecule has 1 fully saturated rings. The number of nitrogens with one attached hydrogen (secondary N) is 1. The van der Waals surface area contributed by atoms with Gasteiger partial charge in [-0.3, -0.25) is 9.78 Å². The number of aromatic nitrogens is 1. The molecule has 2 aromatic rings. The number of carbonyl (C=O) groups excluding carboxylic acids is 1. The predicted octanol–water partition coefficient (Wildman–Crippen LogP) is 5.40. The van der Waals surface area contributed by atoms with E-state index in [1.165, 1.54) is 0 Å². The molecule has 0 bridgehead atoms. The summed E-state index contributed by atoms with van der Waals surface area (Å²) in [5.41, 5.74) is 4.23. The molecule has 29 heavy (non-hydrogen) atoms. The molecule has 2 aliphatic carbocycles. The second-order valence-electron chi connectivity index (χ2n) is 7.26. The molecule has 0 atom stereocenters. The fourth-order valence-electron chi connectivity index (χ4n) is 3.62. The number of carbonyl (C=O) groups is 1. The number of methoxy groups -OCH3 is 1. The number of hydrogen-bond donors (Lipinski definition) is 1. The number of nitrogens with zero attached hydrogens (tertiary/aromatic N) is 1. The lowest BCUT2D eigenvalue weighted by molar-refractivity contribution is 0.0951. The van der Waals surface area contributed by atoms with Gasteiger partial charge in [-0.1, -0.05) is 0 Å². The van der Waals surface area contributed by atoms with Gasteiger partial charge in [0.05, 0.1) is 18.2 Å². The molecule has 1 amide bonds. The highest BCUT2D eigenvalue weighted by Gasteiger charge is 2.30. The molecule has 1 aliphatic heterocycles. The summed E-state index contributed by atoms with van der Waals surface area (Å²) in [6.45, 7) is 1.95. The van der Waals surface area contributed by atoms with Crippen LogP contribution in [0.25, 0.3) is 22.0 Å². The fourth-order valence-corrected chi connectivity index (χ4v) is 4.28. The van der Waals surface area contributed by atoms with E-state index in [1.54, 1.807) is 24.6 Å². The highest BCUT2D eigenvalue weighted by Crippen LogP contribution is 2.46. The van der Waals surface area contributed by atoms with Crippen LogP contribution in [-0.2, 0) is 0 Å². The van der Waals surface area contributed by atoms with Gasteiger partial charge in [0.1, 0.15) is 17.2 Å². The van der Waals surface area contributed by atoms with Crippen molar-refractivity contribution in [2.45, 2.75) is 25.8 Å². The van der Waals surface area contributed by atoms with Gasteiger partial charge in [0.2, 0.25) is 0 Å². The Hall–Kier alpha value is -3.12. The maximum Gasteiger partial charge on any atom is 0.252 e. The van der Waals surface area contributed by atoms with Crippen molar-refractivity contribution < 1.29 is 14.3 Å².